The minimum Gasteiger partial charge on any atom is -0.493 e. The zero-order chi connectivity index (χ0) is 19.3. The Balaban J connectivity index is 1.20. The van der Waals surface area contributed by atoms with Crippen LogP contribution in [0.2, 0.25) is 0 Å². The van der Waals surface area contributed by atoms with E-state index in [1.54, 1.807) is 4.90 Å². The maximum atomic E-state index is 11.9. The van der Waals surface area contributed by atoms with E-state index in [9.17, 15) is 4.79 Å². The lowest BCUT2D eigenvalue weighted by molar-refractivity contribution is -0.118. The Morgan fingerprint density at radius 1 is 1.04 bits per heavy atom. The van der Waals surface area contributed by atoms with Gasteiger partial charge < -0.3 is 14.5 Å². The second kappa shape index (κ2) is 8.78. The van der Waals surface area contributed by atoms with Gasteiger partial charge in [-0.3, -0.25) is 4.79 Å². The molecule has 28 heavy (non-hydrogen) atoms. The Kier molecular flexibility index (Phi) is 5.96. The Labute approximate surface area is 168 Å². The molecule has 2 aliphatic rings. The minimum absolute atomic E-state index is 0.184. The van der Waals surface area contributed by atoms with Gasteiger partial charge in [-0.1, -0.05) is 36.4 Å². The third-order valence-electron chi connectivity index (χ3n) is 6.15. The normalized spacial score (nSPS) is 18.2. The van der Waals surface area contributed by atoms with Crippen LogP contribution in [0.4, 0.5) is 5.69 Å². The molecule has 2 heterocycles. The zero-order valence-electron chi connectivity index (χ0n) is 16.8. The second-order valence-corrected chi connectivity index (χ2v) is 7.97. The number of benzene rings is 2. The van der Waals surface area contributed by atoms with Gasteiger partial charge >= 0.3 is 0 Å². The molecule has 0 radical (unpaired) electrons. The first kappa shape index (κ1) is 19.0. The topological polar surface area (TPSA) is 32.8 Å². The molecule has 0 spiro atoms. The third-order valence-corrected chi connectivity index (χ3v) is 6.15. The molecule has 1 saturated heterocycles. The minimum atomic E-state index is 0.184. The molecule has 4 rings (SSSR count). The van der Waals surface area contributed by atoms with Gasteiger partial charge in [0.15, 0.2) is 0 Å². The highest BCUT2D eigenvalue weighted by molar-refractivity contribution is 5.96. The van der Waals surface area contributed by atoms with Gasteiger partial charge in [0, 0.05) is 26.1 Å². The molecule has 1 fully saturated rings. The van der Waals surface area contributed by atoms with Gasteiger partial charge in [-0.25, -0.2) is 0 Å². The molecule has 0 bridgehead atoms. The monoisotopic (exact) mass is 378 g/mol. The SMILES string of the molecule is CN1C(=O)CCc2ccc(OCCCN3CCC(c4ccccc4)CC3)cc21. The molecule has 0 aromatic heterocycles. The van der Waals surface area contributed by atoms with E-state index in [0.29, 0.717) is 12.3 Å². The zero-order valence-corrected chi connectivity index (χ0v) is 16.8. The van der Waals surface area contributed by atoms with Gasteiger partial charge in [0.25, 0.3) is 0 Å². The van der Waals surface area contributed by atoms with Gasteiger partial charge in [0.2, 0.25) is 5.91 Å². The highest BCUT2D eigenvalue weighted by Crippen LogP contribution is 2.31. The molecular weight excluding hydrogens is 348 g/mol. The summed E-state index contributed by atoms with van der Waals surface area (Å²) in [4.78, 5) is 16.2. The van der Waals surface area contributed by atoms with E-state index in [-0.39, 0.29) is 5.91 Å². The predicted octanol–water partition coefficient (Wildman–Crippen LogP) is 4.24. The fourth-order valence-electron chi connectivity index (χ4n) is 4.39. The van der Waals surface area contributed by atoms with Crippen molar-refractivity contribution < 1.29 is 9.53 Å². The molecule has 4 heteroatoms. The number of fused-ring (bicyclic) bond motifs is 1. The lowest BCUT2D eigenvalue weighted by Crippen LogP contribution is -2.34. The predicted molar refractivity (Wildman–Crippen MR) is 113 cm³/mol. The van der Waals surface area contributed by atoms with Crippen LogP contribution in [-0.2, 0) is 11.2 Å². The van der Waals surface area contributed by atoms with Crippen LogP contribution < -0.4 is 9.64 Å². The summed E-state index contributed by atoms with van der Waals surface area (Å²) in [7, 11) is 1.85. The van der Waals surface area contributed by atoms with Crippen molar-refractivity contribution >= 4 is 11.6 Å². The largest absolute Gasteiger partial charge is 0.493 e. The van der Waals surface area contributed by atoms with E-state index in [1.807, 2.05) is 19.2 Å². The molecule has 0 saturated carbocycles. The Morgan fingerprint density at radius 3 is 2.61 bits per heavy atom. The van der Waals surface area contributed by atoms with Crippen molar-refractivity contribution in [3.8, 4) is 5.75 Å². The molecule has 2 aliphatic heterocycles. The van der Waals surface area contributed by atoms with Crippen molar-refractivity contribution in [1.82, 2.24) is 4.90 Å². The van der Waals surface area contributed by atoms with Gasteiger partial charge in [0.1, 0.15) is 5.75 Å². The number of aryl methyl sites for hydroxylation is 1. The lowest BCUT2D eigenvalue weighted by atomic mass is 9.89. The number of carbonyl (C=O) groups excluding carboxylic acids is 1. The first-order valence-electron chi connectivity index (χ1n) is 10.5. The van der Waals surface area contributed by atoms with Crippen molar-refractivity contribution in [2.24, 2.45) is 0 Å². The van der Waals surface area contributed by atoms with Crippen molar-refractivity contribution in [2.75, 3.05) is 38.2 Å². The fourth-order valence-corrected chi connectivity index (χ4v) is 4.39. The number of rotatable bonds is 6. The molecule has 0 unspecified atom stereocenters. The standard InChI is InChI=1S/C24H30N2O2/c1-25-23-18-22(10-8-21(23)9-11-24(25)27)28-17-5-14-26-15-12-20(13-16-26)19-6-3-2-4-7-19/h2-4,6-8,10,18,20H,5,9,11-17H2,1H3. The third kappa shape index (κ3) is 4.39. The van der Waals surface area contributed by atoms with E-state index in [2.05, 4.69) is 41.3 Å². The average Bonchev–Trinajstić information content (AvgIpc) is 2.75. The van der Waals surface area contributed by atoms with Crippen molar-refractivity contribution in [3.05, 3.63) is 59.7 Å². The Bertz CT molecular complexity index is 798. The summed E-state index contributed by atoms with van der Waals surface area (Å²) in [6, 6.07) is 17.1. The summed E-state index contributed by atoms with van der Waals surface area (Å²) in [5.74, 6) is 1.76. The van der Waals surface area contributed by atoms with Crippen molar-refractivity contribution in [3.63, 3.8) is 0 Å². The van der Waals surface area contributed by atoms with Crippen LogP contribution in [0.1, 0.15) is 42.7 Å². The highest BCUT2D eigenvalue weighted by atomic mass is 16.5. The van der Waals surface area contributed by atoms with Gasteiger partial charge in [-0.05, 0) is 61.9 Å². The average molecular weight is 379 g/mol. The summed E-state index contributed by atoms with van der Waals surface area (Å²) in [6.07, 6.45) is 4.95. The van der Waals surface area contributed by atoms with Crippen LogP contribution in [0, 0.1) is 0 Å². The Hall–Kier alpha value is -2.33. The lowest BCUT2D eigenvalue weighted by Gasteiger charge is -2.32. The number of anilines is 1. The molecule has 4 nitrogen and oxygen atoms in total. The van der Waals surface area contributed by atoms with Gasteiger partial charge in [-0.15, -0.1) is 0 Å². The van der Waals surface area contributed by atoms with E-state index >= 15 is 0 Å². The smallest absolute Gasteiger partial charge is 0.227 e. The molecule has 2 aromatic rings. The number of likely N-dealkylation sites (tertiary alicyclic amines) is 1. The van der Waals surface area contributed by atoms with Crippen LogP contribution in [0.15, 0.2) is 48.5 Å². The molecule has 0 N–H and O–H groups in total. The summed E-state index contributed by atoms with van der Waals surface area (Å²) in [5.41, 5.74) is 3.72. The van der Waals surface area contributed by atoms with Crippen LogP contribution in [0.3, 0.4) is 0 Å². The molecule has 0 aliphatic carbocycles. The number of nitrogens with zero attached hydrogens (tertiary/aromatic N) is 2. The van der Waals surface area contributed by atoms with Crippen molar-refractivity contribution in [1.29, 1.82) is 0 Å². The van der Waals surface area contributed by atoms with Gasteiger partial charge in [-0.2, -0.15) is 0 Å². The number of amides is 1. The van der Waals surface area contributed by atoms with E-state index < -0.39 is 0 Å². The maximum absolute atomic E-state index is 11.9. The molecular formula is C24H30N2O2. The number of piperidine rings is 1. The summed E-state index contributed by atoms with van der Waals surface area (Å²) >= 11 is 0. The second-order valence-electron chi connectivity index (χ2n) is 7.97. The molecule has 1 amide bonds. The summed E-state index contributed by atoms with van der Waals surface area (Å²) in [5, 5.41) is 0. The van der Waals surface area contributed by atoms with Crippen LogP contribution in [0.25, 0.3) is 0 Å². The first-order chi connectivity index (χ1) is 13.7. The van der Waals surface area contributed by atoms with E-state index in [0.717, 1.165) is 37.4 Å². The summed E-state index contributed by atoms with van der Waals surface area (Å²) < 4.78 is 5.97. The molecule has 0 atom stereocenters. The van der Waals surface area contributed by atoms with E-state index in [4.69, 9.17) is 4.74 Å². The first-order valence-corrected chi connectivity index (χ1v) is 10.5. The quantitative estimate of drug-likeness (QED) is 0.705. The maximum Gasteiger partial charge on any atom is 0.227 e. The van der Waals surface area contributed by atoms with Crippen LogP contribution >= 0.6 is 0 Å². The highest BCUT2D eigenvalue weighted by Gasteiger charge is 2.22. The number of ether oxygens (including phenoxy) is 1. The van der Waals surface area contributed by atoms with E-state index in [1.165, 1.54) is 37.1 Å². The number of hydrogen-bond acceptors (Lipinski definition) is 3. The number of carbonyl (C=O) groups is 1. The molecule has 148 valence electrons. The fraction of sp³-hybridized carbons (Fsp3) is 0.458. The van der Waals surface area contributed by atoms with Crippen LogP contribution in [0.5, 0.6) is 5.75 Å². The summed E-state index contributed by atoms with van der Waals surface area (Å²) in [6.45, 7) is 4.15. The molecule has 2 aromatic carbocycles. The van der Waals surface area contributed by atoms with Crippen molar-refractivity contribution in [2.45, 2.75) is 38.0 Å². The van der Waals surface area contributed by atoms with Crippen LogP contribution in [-0.4, -0.2) is 44.1 Å². The van der Waals surface area contributed by atoms with Gasteiger partial charge in [0.05, 0.1) is 12.3 Å². The number of hydrogen-bond donors (Lipinski definition) is 0. The Morgan fingerprint density at radius 2 is 1.82 bits per heavy atom.